The van der Waals surface area contributed by atoms with Crippen LogP contribution in [0.4, 0.5) is 0 Å². The lowest BCUT2D eigenvalue weighted by atomic mass is 10.0. The maximum atomic E-state index is 12.7. The van der Waals surface area contributed by atoms with Crippen LogP contribution < -0.4 is 4.74 Å². The number of furan rings is 1. The summed E-state index contributed by atoms with van der Waals surface area (Å²) >= 11 is 1.42. The number of amides is 1. The number of rotatable bonds is 7. The third-order valence-corrected chi connectivity index (χ3v) is 6.24. The number of nitrogens with zero attached hydrogens (tertiary/aromatic N) is 4. The number of para-hydroxylation sites is 1. The second kappa shape index (κ2) is 9.38. The molecule has 0 unspecified atom stereocenters. The Labute approximate surface area is 180 Å². The molecule has 0 aliphatic carbocycles. The van der Waals surface area contributed by atoms with Gasteiger partial charge in [0.05, 0.1) is 31.2 Å². The lowest BCUT2D eigenvalue weighted by Crippen LogP contribution is -2.40. The number of thioether (sulfide) groups is 1. The third kappa shape index (κ3) is 4.53. The molecule has 1 aliphatic rings. The fourth-order valence-corrected chi connectivity index (χ4v) is 4.60. The number of benzene rings is 1. The van der Waals surface area contributed by atoms with E-state index in [0.717, 1.165) is 36.6 Å². The summed E-state index contributed by atoms with van der Waals surface area (Å²) in [6.45, 7) is 4.36. The van der Waals surface area contributed by atoms with Gasteiger partial charge in [0.1, 0.15) is 11.5 Å². The average Bonchev–Trinajstić information content (AvgIpc) is 3.42. The highest BCUT2D eigenvalue weighted by molar-refractivity contribution is 7.99. The highest BCUT2D eigenvalue weighted by Crippen LogP contribution is 2.31. The summed E-state index contributed by atoms with van der Waals surface area (Å²) in [4.78, 5) is 14.7. The quantitative estimate of drug-likeness (QED) is 0.533. The zero-order valence-corrected chi connectivity index (χ0v) is 18.1. The van der Waals surface area contributed by atoms with Gasteiger partial charge in [-0.1, -0.05) is 30.8 Å². The molecule has 4 rings (SSSR count). The number of carbonyl (C=O) groups is 1. The monoisotopic (exact) mass is 426 g/mol. The van der Waals surface area contributed by atoms with Crippen LogP contribution in [0.25, 0.3) is 11.4 Å². The van der Waals surface area contributed by atoms with Crippen molar-refractivity contribution in [2.45, 2.75) is 31.5 Å². The molecular formula is C22H26N4O3S. The van der Waals surface area contributed by atoms with Crippen molar-refractivity contribution in [3.8, 4) is 17.1 Å². The second-order valence-electron chi connectivity index (χ2n) is 7.55. The number of aromatic nitrogens is 3. The number of ether oxygens (including phenoxy) is 1. The summed E-state index contributed by atoms with van der Waals surface area (Å²) in [5, 5.41) is 9.50. The Morgan fingerprint density at radius 1 is 1.27 bits per heavy atom. The van der Waals surface area contributed by atoms with Crippen LogP contribution in [0.5, 0.6) is 5.75 Å². The Kier molecular flexibility index (Phi) is 6.42. The largest absolute Gasteiger partial charge is 0.496 e. The summed E-state index contributed by atoms with van der Waals surface area (Å²) in [6, 6.07) is 11.5. The lowest BCUT2D eigenvalue weighted by molar-refractivity contribution is -0.130. The first-order chi connectivity index (χ1) is 14.7. The second-order valence-corrected chi connectivity index (χ2v) is 8.49. The van der Waals surface area contributed by atoms with Crippen molar-refractivity contribution < 1.29 is 13.9 Å². The highest BCUT2D eigenvalue weighted by Gasteiger charge is 2.23. The van der Waals surface area contributed by atoms with Crippen LogP contribution in [-0.2, 0) is 11.3 Å². The first-order valence-electron chi connectivity index (χ1n) is 10.1. The molecule has 0 saturated carbocycles. The van der Waals surface area contributed by atoms with E-state index in [1.807, 2.05) is 45.9 Å². The van der Waals surface area contributed by atoms with Gasteiger partial charge < -0.3 is 14.1 Å². The standard InChI is InChI=1S/C22H26N4O3S/c1-16-7-5-11-25(13-16)20(27)15-30-22-24-23-21(18-9-3-4-10-19(18)28-2)26(22)14-17-8-6-12-29-17/h3-4,6,8-10,12,16H,5,7,11,13-15H2,1-2H3/t16-/m1/s1. The summed E-state index contributed by atoms with van der Waals surface area (Å²) in [5.74, 6) is 3.26. The van der Waals surface area contributed by atoms with Crippen LogP contribution in [0.3, 0.4) is 0 Å². The van der Waals surface area contributed by atoms with Gasteiger partial charge in [-0.2, -0.15) is 0 Å². The Hall–Kier alpha value is -2.74. The van der Waals surface area contributed by atoms with Crippen molar-refractivity contribution in [2.24, 2.45) is 5.92 Å². The maximum Gasteiger partial charge on any atom is 0.233 e. The molecule has 2 aromatic heterocycles. The minimum absolute atomic E-state index is 0.151. The number of hydrogen-bond acceptors (Lipinski definition) is 6. The van der Waals surface area contributed by atoms with Crippen LogP contribution in [0.15, 0.2) is 52.2 Å². The van der Waals surface area contributed by atoms with Gasteiger partial charge in [-0.05, 0) is 43.0 Å². The van der Waals surface area contributed by atoms with Gasteiger partial charge in [0, 0.05) is 13.1 Å². The number of piperidine rings is 1. The van der Waals surface area contributed by atoms with E-state index in [-0.39, 0.29) is 5.91 Å². The minimum atomic E-state index is 0.151. The van der Waals surface area contributed by atoms with Gasteiger partial charge in [-0.3, -0.25) is 9.36 Å². The van der Waals surface area contributed by atoms with Crippen molar-refractivity contribution in [3.63, 3.8) is 0 Å². The molecule has 1 aliphatic heterocycles. The molecular weight excluding hydrogens is 400 g/mol. The van der Waals surface area contributed by atoms with Gasteiger partial charge in [0.15, 0.2) is 11.0 Å². The lowest BCUT2D eigenvalue weighted by Gasteiger charge is -2.30. The normalized spacial score (nSPS) is 16.6. The number of hydrogen-bond donors (Lipinski definition) is 0. The molecule has 0 radical (unpaired) electrons. The van der Waals surface area contributed by atoms with Gasteiger partial charge in [0.2, 0.25) is 5.91 Å². The first-order valence-corrected chi connectivity index (χ1v) is 11.1. The molecule has 0 spiro atoms. The minimum Gasteiger partial charge on any atom is -0.496 e. The van der Waals surface area contributed by atoms with E-state index in [1.54, 1.807) is 13.4 Å². The van der Waals surface area contributed by atoms with Crippen molar-refractivity contribution in [1.29, 1.82) is 0 Å². The van der Waals surface area contributed by atoms with E-state index in [9.17, 15) is 4.79 Å². The van der Waals surface area contributed by atoms with E-state index < -0.39 is 0 Å². The molecule has 0 bridgehead atoms. The van der Waals surface area contributed by atoms with Crippen molar-refractivity contribution >= 4 is 17.7 Å². The van der Waals surface area contributed by atoms with Crippen molar-refractivity contribution in [2.75, 3.05) is 26.0 Å². The third-order valence-electron chi connectivity index (χ3n) is 5.29. The molecule has 1 fully saturated rings. The van der Waals surface area contributed by atoms with Gasteiger partial charge >= 0.3 is 0 Å². The summed E-state index contributed by atoms with van der Waals surface area (Å²) in [5.41, 5.74) is 0.849. The molecule has 30 heavy (non-hydrogen) atoms. The van der Waals surface area contributed by atoms with Gasteiger partial charge in [-0.15, -0.1) is 10.2 Å². The van der Waals surface area contributed by atoms with Crippen molar-refractivity contribution in [1.82, 2.24) is 19.7 Å². The number of carbonyl (C=O) groups excluding carboxylic acids is 1. The van der Waals surface area contributed by atoms with Gasteiger partial charge in [-0.25, -0.2) is 0 Å². The predicted molar refractivity (Wildman–Crippen MR) is 116 cm³/mol. The zero-order chi connectivity index (χ0) is 20.9. The number of methoxy groups -OCH3 is 1. The molecule has 7 nitrogen and oxygen atoms in total. The first kappa shape index (κ1) is 20.5. The molecule has 0 N–H and O–H groups in total. The molecule has 3 heterocycles. The molecule has 8 heteroatoms. The Morgan fingerprint density at radius 3 is 2.90 bits per heavy atom. The zero-order valence-electron chi connectivity index (χ0n) is 17.3. The molecule has 1 aromatic carbocycles. The highest BCUT2D eigenvalue weighted by atomic mass is 32.2. The van der Waals surface area contributed by atoms with Crippen molar-refractivity contribution in [3.05, 3.63) is 48.4 Å². The van der Waals surface area contributed by atoms with E-state index in [2.05, 4.69) is 17.1 Å². The maximum absolute atomic E-state index is 12.7. The molecule has 1 amide bonds. The fourth-order valence-electron chi connectivity index (χ4n) is 3.76. The molecule has 1 saturated heterocycles. The van der Waals surface area contributed by atoms with Crippen LogP contribution in [0, 0.1) is 5.92 Å². The fraction of sp³-hybridized carbons (Fsp3) is 0.409. The van der Waals surface area contributed by atoms with E-state index >= 15 is 0 Å². The molecule has 158 valence electrons. The smallest absolute Gasteiger partial charge is 0.233 e. The Bertz CT molecular complexity index is 986. The topological polar surface area (TPSA) is 73.4 Å². The number of likely N-dealkylation sites (tertiary alicyclic amines) is 1. The van der Waals surface area contributed by atoms with Gasteiger partial charge in [0.25, 0.3) is 0 Å². The van der Waals surface area contributed by atoms with Crippen LogP contribution in [0.2, 0.25) is 0 Å². The SMILES string of the molecule is COc1ccccc1-c1nnc(SCC(=O)N2CCC[C@@H](C)C2)n1Cc1ccco1. The van der Waals surface area contributed by atoms with Crippen LogP contribution >= 0.6 is 11.8 Å². The molecule has 3 aromatic rings. The average molecular weight is 427 g/mol. The Morgan fingerprint density at radius 2 is 2.13 bits per heavy atom. The Balaban J connectivity index is 1.58. The van der Waals surface area contributed by atoms with Crippen LogP contribution in [0.1, 0.15) is 25.5 Å². The predicted octanol–water partition coefficient (Wildman–Crippen LogP) is 3.95. The van der Waals surface area contributed by atoms with Crippen LogP contribution in [-0.4, -0.2) is 51.5 Å². The molecule has 1 atom stereocenters. The van der Waals surface area contributed by atoms with E-state index in [4.69, 9.17) is 9.15 Å². The van der Waals surface area contributed by atoms with E-state index in [0.29, 0.717) is 29.2 Å². The summed E-state index contributed by atoms with van der Waals surface area (Å²) in [7, 11) is 1.64. The summed E-state index contributed by atoms with van der Waals surface area (Å²) < 4.78 is 13.0. The van der Waals surface area contributed by atoms with E-state index in [1.165, 1.54) is 18.2 Å². The summed E-state index contributed by atoms with van der Waals surface area (Å²) in [6.07, 6.45) is 3.91.